The highest BCUT2D eigenvalue weighted by Crippen LogP contribution is 2.32. The second-order valence-electron chi connectivity index (χ2n) is 6.40. The van der Waals surface area contributed by atoms with Gasteiger partial charge < -0.3 is 19.0 Å². The summed E-state index contributed by atoms with van der Waals surface area (Å²) in [7, 11) is 1.58. The van der Waals surface area contributed by atoms with Gasteiger partial charge in [0.2, 0.25) is 11.7 Å². The molecule has 4 rings (SSSR count). The summed E-state index contributed by atoms with van der Waals surface area (Å²) in [4.78, 5) is 23.7. The summed E-state index contributed by atoms with van der Waals surface area (Å²) in [5.41, 5.74) is 2.02. The highest BCUT2D eigenvalue weighted by atomic mass is 32.2. The summed E-state index contributed by atoms with van der Waals surface area (Å²) < 4.78 is 16.3. The summed E-state index contributed by atoms with van der Waals surface area (Å²) in [6.07, 6.45) is 0. The molecule has 0 radical (unpaired) electrons. The molecule has 2 aromatic heterocycles. The van der Waals surface area contributed by atoms with Gasteiger partial charge in [-0.3, -0.25) is 4.79 Å². The number of nitrogens with zero attached hydrogens (tertiary/aromatic N) is 3. The third kappa shape index (κ3) is 4.95. The van der Waals surface area contributed by atoms with Gasteiger partial charge in [-0.25, -0.2) is 4.98 Å². The van der Waals surface area contributed by atoms with Gasteiger partial charge in [-0.2, -0.15) is 4.98 Å². The van der Waals surface area contributed by atoms with Gasteiger partial charge >= 0.3 is 0 Å². The van der Waals surface area contributed by atoms with Gasteiger partial charge in [0.15, 0.2) is 16.7 Å². The zero-order valence-electron chi connectivity index (χ0n) is 17.0. The Morgan fingerprint density at radius 2 is 1.87 bits per heavy atom. The Morgan fingerprint density at radius 3 is 2.65 bits per heavy atom. The van der Waals surface area contributed by atoms with Crippen molar-refractivity contribution in [1.29, 1.82) is 0 Å². The number of benzene rings is 2. The van der Waals surface area contributed by atoms with Crippen LogP contribution in [0.3, 0.4) is 0 Å². The highest BCUT2D eigenvalue weighted by Gasteiger charge is 2.13. The van der Waals surface area contributed by atoms with Crippen molar-refractivity contribution < 1.29 is 14.0 Å². The van der Waals surface area contributed by atoms with Crippen LogP contribution in [0.25, 0.3) is 22.6 Å². The Hall–Kier alpha value is -3.59. The van der Waals surface area contributed by atoms with Crippen LogP contribution in [0.2, 0.25) is 0 Å². The van der Waals surface area contributed by atoms with E-state index in [2.05, 4.69) is 20.1 Å². The predicted octanol–water partition coefficient (Wildman–Crippen LogP) is 4.19. The molecule has 31 heavy (non-hydrogen) atoms. The van der Waals surface area contributed by atoms with E-state index in [1.165, 1.54) is 17.8 Å². The van der Waals surface area contributed by atoms with E-state index >= 15 is 0 Å². The zero-order chi connectivity index (χ0) is 21.6. The lowest BCUT2D eigenvalue weighted by Gasteiger charge is -2.09. The first-order valence-corrected chi connectivity index (χ1v) is 10.6. The molecule has 4 aromatic rings. The maximum Gasteiger partial charge on any atom is 0.252 e. The van der Waals surface area contributed by atoms with E-state index in [9.17, 15) is 4.79 Å². The van der Waals surface area contributed by atoms with Crippen molar-refractivity contribution >= 4 is 11.8 Å². The van der Waals surface area contributed by atoms with E-state index < -0.39 is 0 Å². The maximum atomic E-state index is 12.0. The van der Waals surface area contributed by atoms with E-state index in [1.807, 2.05) is 49.4 Å². The minimum absolute atomic E-state index is 0.218. The smallest absolute Gasteiger partial charge is 0.252 e. The van der Waals surface area contributed by atoms with Gasteiger partial charge in [0.25, 0.3) is 5.56 Å². The molecule has 0 atom stereocenters. The number of methoxy groups -OCH3 is 1. The Labute approximate surface area is 182 Å². The van der Waals surface area contributed by atoms with Gasteiger partial charge in [-0.1, -0.05) is 47.3 Å². The molecule has 0 fully saturated rings. The lowest BCUT2D eigenvalue weighted by atomic mass is 10.1. The largest absolute Gasteiger partial charge is 0.493 e. The molecule has 0 amide bonds. The standard InChI is InChI=1S/C22H20N4O4S/c1-3-29-17-10-9-15(11-18(17)28-2)21-25-20(30-26-21)13-31-22-23-16(12-19(27)24-22)14-7-5-4-6-8-14/h4-12H,3,13H2,1-2H3,(H,23,24,27). The van der Waals surface area contributed by atoms with Crippen molar-refractivity contribution in [1.82, 2.24) is 20.1 Å². The highest BCUT2D eigenvalue weighted by molar-refractivity contribution is 7.98. The Kier molecular flexibility index (Phi) is 6.32. The lowest BCUT2D eigenvalue weighted by molar-refractivity contribution is 0.311. The van der Waals surface area contributed by atoms with E-state index in [-0.39, 0.29) is 5.56 Å². The SMILES string of the molecule is CCOc1ccc(-c2noc(CSc3nc(-c4ccccc4)cc(=O)[nH]3)n2)cc1OC. The second-order valence-corrected chi connectivity index (χ2v) is 7.36. The normalized spacial score (nSPS) is 10.8. The molecule has 8 nitrogen and oxygen atoms in total. The average molecular weight is 436 g/mol. The van der Waals surface area contributed by atoms with Crippen LogP contribution >= 0.6 is 11.8 Å². The van der Waals surface area contributed by atoms with Crippen molar-refractivity contribution in [2.75, 3.05) is 13.7 Å². The number of H-pyrrole nitrogens is 1. The minimum atomic E-state index is -0.218. The van der Waals surface area contributed by atoms with Gasteiger partial charge in [0.05, 0.1) is 25.2 Å². The number of rotatable bonds is 8. The predicted molar refractivity (Wildman–Crippen MR) is 117 cm³/mol. The number of nitrogens with one attached hydrogen (secondary N) is 1. The van der Waals surface area contributed by atoms with Crippen LogP contribution in [0.4, 0.5) is 0 Å². The van der Waals surface area contributed by atoms with Gasteiger partial charge in [0.1, 0.15) is 0 Å². The molecule has 9 heteroatoms. The summed E-state index contributed by atoms with van der Waals surface area (Å²) in [6, 6.07) is 16.5. The summed E-state index contributed by atoms with van der Waals surface area (Å²) in [5.74, 6) is 2.47. The average Bonchev–Trinajstić information content (AvgIpc) is 3.27. The molecule has 0 saturated carbocycles. The first-order valence-electron chi connectivity index (χ1n) is 9.59. The molecule has 0 spiro atoms. The summed E-state index contributed by atoms with van der Waals surface area (Å²) >= 11 is 1.31. The second kappa shape index (κ2) is 9.48. The quantitative estimate of drug-likeness (QED) is 0.324. The molecule has 1 N–H and O–H groups in total. The van der Waals surface area contributed by atoms with Crippen LogP contribution in [0.15, 0.2) is 69.1 Å². The fourth-order valence-electron chi connectivity index (χ4n) is 2.90. The molecule has 0 bridgehead atoms. The zero-order valence-corrected chi connectivity index (χ0v) is 17.8. The molecule has 2 heterocycles. The lowest BCUT2D eigenvalue weighted by Crippen LogP contribution is -2.08. The Morgan fingerprint density at radius 1 is 1.03 bits per heavy atom. The monoisotopic (exact) mass is 436 g/mol. The van der Waals surface area contributed by atoms with Crippen molar-refractivity contribution in [3.05, 3.63) is 70.8 Å². The van der Waals surface area contributed by atoms with Crippen LogP contribution in [0, 0.1) is 0 Å². The molecule has 0 saturated heterocycles. The van der Waals surface area contributed by atoms with Crippen molar-refractivity contribution in [2.45, 2.75) is 17.8 Å². The number of thioether (sulfide) groups is 1. The maximum absolute atomic E-state index is 12.0. The summed E-state index contributed by atoms with van der Waals surface area (Å²) in [5, 5.41) is 4.52. The van der Waals surface area contributed by atoms with E-state index in [0.717, 1.165) is 11.1 Å². The summed E-state index contributed by atoms with van der Waals surface area (Å²) in [6.45, 7) is 2.45. The number of ether oxygens (including phenoxy) is 2. The molecular weight excluding hydrogens is 416 g/mol. The minimum Gasteiger partial charge on any atom is -0.493 e. The van der Waals surface area contributed by atoms with Crippen LogP contribution in [-0.4, -0.2) is 33.8 Å². The van der Waals surface area contributed by atoms with Crippen molar-refractivity contribution in [2.24, 2.45) is 0 Å². The first kappa shape index (κ1) is 20.7. The third-order valence-corrected chi connectivity index (χ3v) is 5.17. The molecule has 0 aliphatic heterocycles. The van der Waals surface area contributed by atoms with E-state index in [4.69, 9.17) is 14.0 Å². The van der Waals surface area contributed by atoms with E-state index in [1.54, 1.807) is 13.2 Å². The molecule has 158 valence electrons. The molecule has 2 aromatic carbocycles. The molecule has 0 aliphatic carbocycles. The molecular formula is C22H20N4O4S. The molecule has 0 aliphatic rings. The number of hydrogen-bond acceptors (Lipinski definition) is 8. The number of hydrogen-bond donors (Lipinski definition) is 1. The van der Waals surface area contributed by atoms with Crippen LogP contribution in [0.1, 0.15) is 12.8 Å². The van der Waals surface area contributed by atoms with Crippen LogP contribution in [-0.2, 0) is 5.75 Å². The van der Waals surface area contributed by atoms with Crippen LogP contribution in [0.5, 0.6) is 11.5 Å². The van der Waals surface area contributed by atoms with Crippen molar-refractivity contribution in [3.8, 4) is 34.1 Å². The fourth-order valence-corrected chi connectivity index (χ4v) is 3.62. The number of aromatic amines is 1. The van der Waals surface area contributed by atoms with E-state index in [0.29, 0.717) is 46.4 Å². The van der Waals surface area contributed by atoms with Gasteiger partial charge in [-0.15, -0.1) is 0 Å². The topological polar surface area (TPSA) is 103 Å². The molecule has 0 unspecified atom stereocenters. The number of aromatic nitrogens is 4. The van der Waals surface area contributed by atoms with Crippen molar-refractivity contribution in [3.63, 3.8) is 0 Å². The third-order valence-electron chi connectivity index (χ3n) is 4.31. The fraction of sp³-hybridized carbons (Fsp3) is 0.182. The van der Waals surface area contributed by atoms with Crippen LogP contribution < -0.4 is 15.0 Å². The Balaban J connectivity index is 1.49. The van der Waals surface area contributed by atoms with Gasteiger partial charge in [-0.05, 0) is 25.1 Å². The first-order chi connectivity index (χ1) is 15.2. The Bertz CT molecular complexity index is 1220. The van der Waals surface area contributed by atoms with Gasteiger partial charge in [0, 0.05) is 17.2 Å².